The van der Waals surface area contributed by atoms with Crippen LogP contribution >= 0.6 is 12.6 Å². The van der Waals surface area contributed by atoms with Crippen molar-refractivity contribution in [2.75, 3.05) is 17.2 Å². The normalized spacial score (nSPS) is 14.2. The molecule has 1 aliphatic rings. The van der Waals surface area contributed by atoms with Crippen LogP contribution in [0.25, 0.3) is 10.8 Å². The second-order valence-corrected chi connectivity index (χ2v) is 6.25. The predicted octanol–water partition coefficient (Wildman–Crippen LogP) is 4.54. The fourth-order valence-corrected chi connectivity index (χ4v) is 3.77. The van der Waals surface area contributed by atoms with E-state index < -0.39 is 0 Å². The molecule has 3 rings (SSSR count). The summed E-state index contributed by atoms with van der Waals surface area (Å²) in [6.07, 6.45) is 2.06. The van der Waals surface area contributed by atoms with E-state index in [9.17, 15) is 4.79 Å². The summed E-state index contributed by atoms with van der Waals surface area (Å²) in [5, 5.41) is 2.25. The fraction of sp³-hybridized carbons (Fsp3) is 0.389. The van der Waals surface area contributed by atoms with E-state index in [-0.39, 0.29) is 11.3 Å². The van der Waals surface area contributed by atoms with Gasteiger partial charge in [0.2, 0.25) is 0 Å². The van der Waals surface area contributed by atoms with Crippen LogP contribution in [0.1, 0.15) is 37.0 Å². The van der Waals surface area contributed by atoms with E-state index in [0.717, 1.165) is 47.2 Å². The van der Waals surface area contributed by atoms with Crippen molar-refractivity contribution in [2.45, 2.75) is 26.7 Å². The first-order chi connectivity index (χ1) is 10.2. The molecule has 3 heteroatoms. The Labute approximate surface area is 131 Å². The van der Waals surface area contributed by atoms with Gasteiger partial charge in [0.05, 0.1) is 5.69 Å². The van der Waals surface area contributed by atoms with Crippen molar-refractivity contribution in [3.8, 4) is 0 Å². The molecule has 0 fully saturated rings. The molecule has 21 heavy (non-hydrogen) atoms. The van der Waals surface area contributed by atoms with Gasteiger partial charge in [0.1, 0.15) is 0 Å². The highest BCUT2D eigenvalue weighted by Crippen LogP contribution is 2.40. The Morgan fingerprint density at radius 2 is 1.76 bits per heavy atom. The Bertz CT molecular complexity index is 677. The van der Waals surface area contributed by atoms with Gasteiger partial charge in [0, 0.05) is 17.5 Å². The van der Waals surface area contributed by atoms with Crippen molar-refractivity contribution in [3.05, 3.63) is 42.0 Å². The van der Waals surface area contributed by atoms with Crippen LogP contribution in [0.4, 0.5) is 5.69 Å². The Kier molecular flexibility index (Phi) is 3.70. The van der Waals surface area contributed by atoms with Gasteiger partial charge in [-0.3, -0.25) is 4.79 Å². The molecule has 0 aliphatic carbocycles. The molecule has 0 unspecified atom stereocenters. The summed E-state index contributed by atoms with van der Waals surface area (Å²) >= 11 is 4.55. The summed E-state index contributed by atoms with van der Waals surface area (Å²) in [5.41, 5.74) is 1.98. The summed E-state index contributed by atoms with van der Waals surface area (Å²) in [6.45, 7) is 5.12. The van der Waals surface area contributed by atoms with E-state index >= 15 is 0 Å². The van der Waals surface area contributed by atoms with Gasteiger partial charge in [-0.25, -0.2) is 0 Å². The van der Waals surface area contributed by atoms with Gasteiger partial charge in [0.15, 0.2) is 0 Å². The lowest BCUT2D eigenvalue weighted by atomic mass is 9.83. The van der Waals surface area contributed by atoms with Gasteiger partial charge in [-0.1, -0.05) is 38.1 Å². The average molecular weight is 299 g/mol. The number of amides is 1. The van der Waals surface area contributed by atoms with E-state index in [1.165, 1.54) is 0 Å². The number of nitrogens with zero attached hydrogens (tertiary/aromatic N) is 1. The zero-order chi connectivity index (χ0) is 15.0. The Morgan fingerprint density at radius 3 is 2.38 bits per heavy atom. The third-order valence-electron chi connectivity index (χ3n) is 4.98. The third-order valence-corrected chi connectivity index (χ3v) is 5.65. The molecular weight excluding hydrogens is 278 g/mol. The number of hydrogen-bond donors (Lipinski definition) is 1. The number of anilines is 1. The van der Waals surface area contributed by atoms with Crippen molar-refractivity contribution < 1.29 is 4.79 Å². The number of carbonyl (C=O) groups is 1. The van der Waals surface area contributed by atoms with Gasteiger partial charge in [-0.2, -0.15) is 12.6 Å². The highest BCUT2D eigenvalue weighted by atomic mass is 32.1. The van der Waals surface area contributed by atoms with Crippen molar-refractivity contribution in [3.63, 3.8) is 0 Å². The van der Waals surface area contributed by atoms with Crippen molar-refractivity contribution >= 4 is 35.0 Å². The summed E-state index contributed by atoms with van der Waals surface area (Å²) in [4.78, 5) is 14.8. The van der Waals surface area contributed by atoms with Crippen LogP contribution in [-0.4, -0.2) is 18.2 Å². The Hall–Kier alpha value is -1.48. The molecule has 1 amide bonds. The lowest BCUT2D eigenvalue weighted by Crippen LogP contribution is -2.40. The monoisotopic (exact) mass is 299 g/mol. The summed E-state index contributed by atoms with van der Waals surface area (Å²) in [6, 6.07) is 12.1. The lowest BCUT2D eigenvalue weighted by Gasteiger charge is -2.34. The maximum Gasteiger partial charge on any atom is 0.259 e. The highest BCUT2D eigenvalue weighted by Gasteiger charge is 2.35. The molecule has 0 aromatic heterocycles. The third kappa shape index (κ3) is 2.15. The van der Waals surface area contributed by atoms with Crippen molar-refractivity contribution in [2.24, 2.45) is 5.41 Å². The fourth-order valence-electron chi connectivity index (χ4n) is 3.22. The first kappa shape index (κ1) is 14.5. The number of carbonyl (C=O) groups excluding carboxylic acids is 1. The standard InChI is InChI=1S/C18H21NOS/c1-3-18(4-2,12-21)11-19-15-10-6-8-13-7-5-9-14(16(13)15)17(19)20/h5-10,21H,3-4,11-12H2,1-2H3. The molecule has 2 aromatic carbocycles. The van der Waals surface area contributed by atoms with Crippen LogP contribution in [0.3, 0.4) is 0 Å². The predicted molar refractivity (Wildman–Crippen MR) is 92.5 cm³/mol. The molecule has 0 bridgehead atoms. The molecule has 110 valence electrons. The smallest absolute Gasteiger partial charge is 0.259 e. The van der Waals surface area contributed by atoms with Gasteiger partial charge in [-0.15, -0.1) is 0 Å². The molecule has 2 nitrogen and oxygen atoms in total. The minimum atomic E-state index is 0.0863. The van der Waals surface area contributed by atoms with E-state index in [1.54, 1.807) is 0 Å². The van der Waals surface area contributed by atoms with Crippen LogP contribution in [-0.2, 0) is 0 Å². The average Bonchev–Trinajstić information content (AvgIpc) is 2.80. The first-order valence-corrected chi connectivity index (χ1v) is 8.23. The van der Waals surface area contributed by atoms with Crippen LogP contribution in [0, 0.1) is 5.41 Å². The number of hydrogen-bond acceptors (Lipinski definition) is 2. The quantitative estimate of drug-likeness (QED) is 0.804. The molecule has 0 saturated carbocycles. The summed E-state index contributed by atoms with van der Waals surface area (Å²) in [7, 11) is 0. The molecule has 0 radical (unpaired) electrons. The molecule has 0 N–H and O–H groups in total. The second kappa shape index (κ2) is 5.38. The van der Waals surface area contributed by atoms with Gasteiger partial charge in [-0.05, 0) is 41.5 Å². The molecule has 1 aliphatic heterocycles. The minimum absolute atomic E-state index is 0.0863. The summed E-state index contributed by atoms with van der Waals surface area (Å²) in [5.74, 6) is 0.936. The van der Waals surface area contributed by atoms with Crippen LogP contribution in [0.15, 0.2) is 36.4 Å². The molecular formula is C18H21NOS. The van der Waals surface area contributed by atoms with Gasteiger partial charge < -0.3 is 4.90 Å². The maximum absolute atomic E-state index is 12.8. The van der Waals surface area contributed by atoms with Crippen LogP contribution < -0.4 is 4.90 Å². The molecule has 2 aromatic rings. The second-order valence-electron chi connectivity index (χ2n) is 5.94. The highest BCUT2D eigenvalue weighted by molar-refractivity contribution is 7.80. The molecule has 0 spiro atoms. The number of thiol groups is 1. The van der Waals surface area contributed by atoms with E-state index in [0.29, 0.717) is 0 Å². The van der Waals surface area contributed by atoms with Crippen molar-refractivity contribution in [1.82, 2.24) is 0 Å². The maximum atomic E-state index is 12.8. The number of rotatable bonds is 5. The van der Waals surface area contributed by atoms with Gasteiger partial charge in [0.25, 0.3) is 5.91 Å². The van der Waals surface area contributed by atoms with E-state index in [2.05, 4.69) is 44.7 Å². The molecule has 0 atom stereocenters. The molecule has 1 heterocycles. The van der Waals surface area contributed by atoms with E-state index in [4.69, 9.17) is 0 Å². The van der Waals surface area contributed by atoms with Crippen molar-refractivity contribution in [1.29, 1.82) is 0 Å². The van der Waals surface area contributed by atoms with Crippen LogP contribution in [0.5, 0.6) is 0 Å². The zero-order valence-corrected chi connectivity index (χ0v) is 13.5. The topological polar surface area (TPSA) is 20.3 Å². The largest absolute Gasteiger partial charge is 0.307 e. The van der Waals surface area contributed by atoms with E-state index in [1.807, 2.05) is 23.1 Å². The zero-order valence-electron chi connectivity index (χ0n) is 12.6. The molecule has 0 saturated heterocycles. The number of benzene rings is 2. The van der Waals surface area contributed by atoms with Crippen LogP contribution in [0.2, 0.25) is 0 Å². The SMILES string of the molecule is CCC(CC)(CS)CN1C(=O)c2cccc3cccc1c23. The first-order valence-electron chi connectivity index (χ1n) is 7.60. The minimum Gasteiger partial charge on any atom is -0.307 e. The lowest BCUT2D eigenvalue weighted by molar-refractivity contribution is 0.0980. The Morgan fingerprint density at radius 1 is 1.10 bits per heavy atom. The Balaban J connectivity index is 2.08. The summed E-state index contributed by atoms with van der Waals surface area (Å²) < 4.78 is 0. The van der Waals surface area contributed by atoms with Gasteiger partial charge >= 0.3 is 0 Å².